The van der Waals surface area contributed by atoms with Crippen molar-refractivity contribution in [3.8, 4) is 5.75 Å². The van der Waals surface area contributed by atoms with E-state index in [-0.39, 0.29) is 3.70 Å². The summed E-state index contributed by atoms with van der Waals surface area (Å²) in [6.45, 7) is 0. The average Bonchev–Trinajstić information content (AvgIpc) is 2.19. The Bertz CT molecular complexity index is 491. The topological polar surface area (TPSA) is 59.4 Å². The summed E-state index contributed by atoms with van der Waals surface area (Å²) >= 11 is 1.38. The molecule has 0 unspecified atom stereocenters. The highest BCUT2D eigenvalue weighted by atomic mass is 127. The molecule has 106 valence electrons. The second kappa shape index (κ2) is 5.84. The summed E-state index contributed by atoms with van der Waals surface area (Å²) in [5.41, 5.74) is -1.61. The van der Waals surface area contributed by atoms with E-state index >= 15 is 0 Å². The Kier molecular flexibility index (Phi) is 4.87. The third-order valence-electron chi connectivity index (χ3n) is 1.91. The van der Waals surface area contributed by atoms with Crippen LogP contribution in [0.2, 0.25) is 0 Å². The first kappa shape index (κ1) is 15.9. The number of carbonyl (C=O) groups is 1. The molecule has 0 radical (unpaired) electrons. The molecule has 0 amide bonds. The number of ether oxygens (including phenoxy) is 1. The highest BCUT2D eigenvalue weighted by Gasteiger charge is 2.34. The summed E-state index contributed by atoms with van der Waals surface area (Å²) < 4.78 is 65.1. The van der Waals surface area contributed by atoms with Crippen LogP contribution in [-0.2, 0) is 11.2 Å². The minimum Gasteiger partial charge on any atom is -0.481 e. The van der Waals surface area contributed by atoms with Crippen LogP contribution in [0.15, 0.2) is 6.20 Å². The van der Waals surface area contributed by atoms with Crippen molar-refractivity contribution in [3.05, 3.63) is 21.0 Å². The van der Waals surface area contributed by atoms with Crippen molar-refractivity contribution in [1.82, 2.24) is 4.98 Å². The number of rotatable bonds is 4. The number of aliphatic carboxylic acids is 1. The summed E-state index contributed by atoms with van der Waals surface area (Å²) in [7, 11) is 0. The Morgan fingerprint density at radius 2 is 2.05 bits per heavy atom. The maximum Gasteiger partial charge on any atom is 0.573 e. The van der Waals surface area contributed by atoms with Gasteiger partial charge < -0.3 is 9.84 Å². The van der Waals surface area contributed by atoms with E-state index in [1.807, 2.05) is 0 Å². The van der Waals surface area contributed by atoms with Crippen molar-refractivity contribution >= 4 is 28.6 Å². The lowest BCUT2D eigenvalue weighted by molar-refractivity contribution is -0.275. The molecule has 19 heavy (non-hydrogen) atoms. The second-order valence-corrected chi connectivity index (χ2v) is 4.25. The normalized spacial score (nSPS) is 11.7. The van der Waals surface area contributed by atoms with Crippen LogP contribution in [-0.4, -0.2) is 22.4 Å². The summed E-state index contributed by atoms with van der Waals surface area (Å²) in [4.78, 5) is 13.9. The molecule has 1 rings (SSSR count). The molecule has 1 N–H and O–H groups in total. The van der Waals surface area contributed by atoms with Gasteiger partial charge in [0.15, 0.2) is 5.75 Å². The molecule has 0 spiro atoms. The Morgan fingerprint density at radius 3 is 2.47 bits per heavy atom. The molecule has 0 aromatic carbocycles. The van der Waals surface area contributed by atoms with Crippen LogP contribution in [0.5, 0.6) is 5.75 Å². The molecule has 1 aromatic rings. The van der Waals surface area contributed by atoms with Gasteiger partial charge in [-0.2, -0.15) is 0 Å². The number of hydrogen-bond donors (Lipinski definition) is 1. The number of aromatic nitrogens is 1. The number of alkyl halides is 5. The maximum atomic E-state index is 12.8. The Labute approximate surface area is 116 Å². The van der Waals surface area contributed by atoms with Crippen molar-refractivity contribution in [3.63, 3.8) is 0 Å². The third kappa shape index (κ3) is 4.44. The van der Waals surface area contributed by atoms with Crippen molar-refractivity contribution in [2.24, 2.45) is 0 Å². The van der Waals surface area contributed by atoms with Crippen LogP contribution >= 0.6 is 22.6 Å². The molecule has 10 heteroatoms. The molecule has 0 aliphatic heterocycles. The SMILES string of the molecule is O=C(O)Cc1c(OC(F)(F)F)cnc(I)c1C(F)F. The van der Waals surface area contributed by atoms with E-state index in [0.717, 1.165) is 0 Å². The van der Waals surface area contributed by atoms with Gasteiger partial charge in [0.2, 0.25) is 0 Å². The van der Waals surface area contributed by atoms with Gasteiger partial charge in [0, 0.05) is 5.56 Å². The van der Waals surface area contributed by atoms with Gasteiger partial charge in [0.1, 0.15) is 3.70 Å². The van der Waals surface area contributed by atoms with E-state index in [1.165, 1.54) is 22.6 Å². The molecule has 0 saturated heterocycles. The van der Waals surface area contributed by atoms with E-state index in [0.29, 0.717) is 6.20 Å². The van der Waals surface area contributed by atoms with E-state index < -0.39 is 42.1 Å². The lowest BCUT2D eigenvalue weighted by Gasteiger charge is -2.16. The summed E-state index contributed by atoms with van der Waals surface area (Å²) in [6, 6.07) is 0. The zero-order chi connectivity index (χ0) is 14.8. The van der Waals surface area contributed by atoms with Gasteiger partial charge in [-0.25, -0.2) is 13.8 Å². The van der Waals surface area contributed by atoms with Crippen molar-refractivity contribution < 1.29 is 36.6 Å². The van der Waals surface area contributed by atoms with Crippen LogP contribution in [0.3, 0.4) is 0 Å². The Morgan fingerprint density at radius 1 is 1.47 bits per heavy atom. The van der Waals surface area contributed by atoms with Gasteiger partial charge >= 0.3 is 12.3 Å². The van der Waals surface area contributed by atoms with Gasteiger partial charge in [-0.1, -0.05) is 0 Å². The molecule has 4 nitrogen and oxygen atoms in total. The van der Waals surface area contributed by atoms with E-state index in [1.54, 1.807) is 0 Å². The van der Waals surface area contributed by atoms with Crippen LogP contribution in [0.1, 0.15) is 17.6 Å². The fourth-order valence-corrected chi connectivity index (χ4v) is 1.99. The molecule has 0 saturated carbocycles. The molecule has 0 atom stereocenters. The van der Waals surface area contributed by atoms with Gasteiger partial charge in [-0.05, 0) is 22.6 Å². The van der Waals surface area contributed by atoms with Crippen molar-refractivity contribution in [2.75, 3.05) is 0 Å². The summed E-state index contributed by atoms with van der Waals surface area (Å²) in [5, 5.41) is 8.58. The predicted octanol–water partition coefficient (Wildman–Crippen LogP) is 3.15. The smallest absolute Gasteiger partial charge is 0.481 e. The summed E-state index contributed by atoms with van der Waals surface area (Å²) in [5.74, 6) is -2.60. The highest BCUT2D eigenvalue weighted by molar-refractivity contribution is 14.1. The zero-order valence-electron chi connectivity index (χ0n) is 8.84. The number of carboxylic acid groups (broad SMARTS) is 1. The highest BCUT2D eigenvalue weighted by Crippen LogP contribution is 2.35. The fraction of sp³-hybridized carbons (Fsp3) is 0.333. The summed E-state index contributed by atoms with van der Waals surface area (Å²) in [6.07, 6.45) is -8.74. The molecule has 0 fully saturated rings. The van der Waals surface area contributed by atoms with Gasteiger partial charge in [-0.3, -0.25) is 4.79 Å². The lowest BCUT2D eigenvalue weighted by atomic mass is 10.1. The van der Waals surface area contributed by atoms with Crippen LogP contribution in [0.4, 0.5) is 22.0 Å². The largest absolute Gasteiger partial charge is 0.573 e. The third-order valence-corrected chi connectivity index (χ3v) is 2.77. The lowest BCUT2D eigenvalue weighted by Crippen LogP contribution is -2.20. The quantitative estimate of drug-likeness (QED) is 0.482. The molecule has 0 aliphatic carbocycles. The standard InChI is InChI=1S/C9H5F5INO3/c10-7(11)6-3(1-5(17)18)4(2-16-8(6)15)19-9(12,13)14/h2,7H,1H2,(H,17,18). The molecule has 0 aliphatic rings. The molecular formula is C9H5F5INO3. The zero-order valence-corrected chi connectivity index (χ0v) is 11.0. The van der Waals surface area contributed by atoms with E-state index in [4.69, 9.17) is 5.11 Å². The van der Waals surface area contributed by atoms with Crippen molar-refractivity contribution in [2.45, 2.75) is 19.2 Å². The predicted molar refractivity (Wildman–Crippen MR) is 59.9 cm³/mol. The van der Waals surface area contributed by atoms with Gasteiger partial charge in [0.25, 0.3) is 6.43 Å². The number of pyridine rings is 1. The molecule has 1 heterocycles. The van der Waals surface area contributed by atoms with E-state index in [9.17, 15) is 26.7 Å². The second-order valence-electron chi connectivity index (χ2n) is 3.22. The molecular weight excluding hydrogens is 392 g/mol. The number of nitrogens with zero attached hydrogens (tertiary/aromatic N) is 1. The monoisotopic (exact) mass is 397 g/mol. The van der Waals surface area contributed by atoms with Crippen molar-refractivity contribution in [1.29, 1.82) is 0 Å². The van der Waals surface area contributed by atoms with Crippen LogP contribution in [0, 0.1) is 3.70 Å². The Hall–Kier alpha value is -1.20. The first-order valence-electron chi connectivity index (χ1n) is 4.54. The van der Waals surface area contributed by atoms with Crippen LogP contribution in [0.25, 0.3) is 0 Å². The van der Waals surface area contributed by atoms with Crippen LogP contribution < -0.4 is 4.74 Å². The number of hydrogen-bond acceptors (Lipinski definition) is 3. The number of halogens is 6. The minimum atomic E-state index is -5.12. The van der Waals surface area contributed by atoms with Gasteiger partial charge in [0.05, 0.1) is 18.2 Å². The van der Waals surface area contributed by atoms with Gasteiger partial charge in [-0.15, -0.1) is 13.2 Å². The Balaban J connectivity index is 3.38. The molecule has 0 bridgehead atoms. The minimum absolute atomic E-state index is 0.279. The molecule has 1 aromatic heterocycles. The first-order chi connectivity index (χ1) is 8.61. The fourth-order valence-electron chi connectivity index (χ4n) is 1.29. The van der Waals surface area contributed by atoms with E-state index in [2.05, 4.69) is 9.72 Å². The first-order valence-corrected chi connectivity index (χ1v) is 5.62. The number of carboxylic acids is 1. The average molecular weight is 397 g/mol. The maximum absolute atomic E-state index is 12.8.